The Balaban J connectivity index is 1.70. The van der Waals surface area contributed by atoms with Crippen LogP contribution in [0.3, 0.4) is 0 Å². The van der Waals surface area contributed by atoms with E-state index in [9.17, 15) is 8.42 Å². The van der Waals surface area contributed by atoms with E-state index in [1.165, 1.54) is 0 Å². The number of sulfonamides is 1. The third kappa shape index (κ3) is 5.77. The van der Waals surface area contributed by atoms with Gasteiger partial charge in [0.25, 0.3) is 10.0 Å². The molecule has 8 heteroatoms. The Morgan fingerprint density at radius 2 is 1.56 bits per heavy atom. The van der Waals surface area contributed by atoms with Gasteiger partial charge in [-0.3, -0.25) is 4.72 Å². The van der Waals surface area contributed by atoms with Gasteiger partial charge in [0.2, 0.25) is 0 Å². The van der Waals surface area contributed by atoms with Gasteiger partial charge < -0.3 is 15.4 Å². The van der Waals surface area contributed by atoms with Crippen molar-refractivity contribution in [2.45, 2.75) is 32.6 Å². The van der Waals surface area contributed by atoms with Crippen LogP contribution in [0.2, 0.25) is 0 Å². The molecule has 0 spiro atoms. The van der Waals surface area contributed by atoms with Crippen molar-refractivity contribution in [3.05, 3.63) is 77.4 Å². The second kappa shape index (κ2) is 10.0. The fraction of sp³-hybridized carbons (Fsp3) is 0.208. The van der Waals surface area contributed by atoms with Gasteiger partial charge in [-0.15, -0.1) is 0 Å². The van der Waals surface area contributed by atoms with Gasteiger partial charge in [0.1, 0.15) is 5.75 Å². The summed E-state index contributed by atoms with van der Waals surface area (Å²) < 4.78 is 34.1. The van der Waals surface area contributed by atoms with Gasteiger partial charge in [-0.2, -0.15) is 0 Å². The highest BCUT2D eigenvalue weighted by Crippen LogP contribution is 2.26. The number of nitrogens with one attached hydrogen (secondary N) is 3. The number of rotatable bonds is 7. The van der Waals surface area contributed by atoms with Crippen molar-refractivity contribution in [2.24, 2.45) is 0 Å². The first-order valence-electron chi connectivity index (χ1n) is 10.2. The van der Waals surface area contributed by atoms with E-state index in [1.807, 2.05) is 64.1 Å². The molecule has 3 aromatic carbocycles. The largest absolute Gasteiger partial charge is 0.492 e. The first-order valence-corrected chi connectivity index (χ1v) is 12.1. The Hall–Kier alpha value is -3.10. The lowest BCUT2D eigenvalue weighted by Crippen LogP contribution is -2.20. The SMILES string of the molecule is CCOc1ccccc1NC(=S)Nc1ccc(S(=O)(=O)Nc2c(C)cc(C)cc2C)cc1. The van der Waals surface area contributed by atoms with Crippen LogP contribution >= 0.6 is 12.2 Å². The highest BCUT2D eigenvalue weighted by molar-refractivity contribution is 7.92. The van der Waals surface area contributed by atoms with E-state index in [1.54, 1.807) is 24.3 Å². The molecule has 0 aromatic heterocycles. The molecule has 0 aliphatic rings. The minimum absolute atomic E-state index is 0.169. The monoisotopic (exact) mass is 469 g/mol. The molecule has 3 aromatic rings. The molecule has 0 saturated carbocycles. The molecule has 0 unspecified atom stereocenters. The van der Waals surface area contributed by atoms with E-state index in [2.05, 4.69) is 15.4 Å². The van der Waals surface area contributed by atoms with Crippen molar-refractivity contribution in [1.82, 2.24) is 0 Å². The number of benzene rings is 3. The molecule has 3 N–H and O–H groups in total. The minimum atomic E-state index is -3.72. The van der Waals surface area contributed by atoms with E-state index in [-0.39, 0.29) is 4.90 Å². The molecule has 0 amide bonds. The Morgan fingerprint density at radius 3 is 2.19 bits per heavy atom. The average Bonchev–Trinajstić information content (AvgIpc) is 2.73. The highest BCUT2D eigenvalue weighted by Gasteiger charge is 2.17. The Labute approximate surface area is 195 Å². The summed E-state index contributed by atoms with van der Waals surface area (Å²) >= 11 is 5.39. The van der Waals surface area contributed by atoms with Crippen molar-refractivity contribution in [1.29, 1.82) is 0 Å². The van der Waals surface area contributed by atoms with E-state index in [0.29, 0.717) is 28.8 Å². The zero-order valence-corrected chi connectivity index (χ0v) is 20.2. The first-order chi connectivity index (χ1) is 15.2. The van der Waals surface area contributed by atoms with E-state index in [4.69, 9.17) is 17.0 Å². The molecule has 3 rings (SSSR count). The van der Waals surface area contributed by atoms with Gasteiger partial charge in [-0.1, -0.05) is 29.8 Å². The van der Waals surface area contributed by atoms with E-state index >= 15 is 0 Å². The average molecular weight is 470 g/mol. The lowest BCUT2D eigenvalue weighted by Gasteiger charge is -2.15. The van der Waals surface area contributed by atoms with Crippen LogP contribution < -0.4 is 20.1 Å². The summed E-state index contributed by atoms with van der Waals surface area (Å²) in [6.07, 6.45) is 0. The lowest BCUT2D eigenvalue weighted by atomic mass is 10.1. The van der Waals surface area contributed by atoms with Crippen LogP contribution in [-0.2, 0) is 10.0 Å². The number of aryl methyl sites for hydroxylation is 3. The topological polar surface area (TPSA) is 79.5 Å². The molecule has 168 valence electrons. The molecule has 6 nitrogen and oxygen atoms in total. The first kappa shape index (κ1) is 23.6. The number of hydrogen-bond acceptors (Lipinski definition) is 4. The maximum Gasteiger partial charge on any atom is 0.261 e. The van der Waals surface area contributed by atoms with Crippen molar-refractivity contribution < 1.29 is 13.2 Å². The molecular formula is C24H27N3O3S2. The summed E-state index contributed by atoms with van der Waals surface area (Å²) in [5.74, 6) is 0.702. The third-order valence-electron chi connectivity index (χ3n) is 4.77. The van der Waals surface area contributed by atoms with E-state index in [0.717, 1.165) is 22.4 Å². The Kier molecular flexibility index (Phi) is 7.37. The second-order valence-corrected chi connectivity index (χ2v) is 9.50. The van der Waals surface area contributed by atoms with Gasteiger partial charge in [-0.05, 0) is 87.4 Å². The summed E-state index contributed by atoms with van der Waals surface area (Å²) in [6, 6.07) is 17.8. The highest BCUT2D eigenvalue weighted by atomic mass is 32.2. The number of hydrogen-bond donors (Lipinski definition) is 3. The molecule has 0 atom stereocenters. The summed E-state index contributed by atoms with van der Waals surface area (Å²) in [4.78, 5) is 0.169. The fourth-order valence-corrected chi connectivity index (χ4v) is 4.82. The van der Waals surface area contributed by atoms with Crippen LogP contribution in [0.25, 0.3) is 0 Å². The summed E-state index contributed by atoms with van der Waals surface area (Å²) in [5.41, 5.74) is 4.88. The smallest absolute Gasteiger partial charge is 0.261 e. The fourth-order valence-electron chi connectivity index (χ4n) is 3.39. The van der Waals surface area contributed by atoms with Crippen LogP contribution in [0.1, 0.15) is 23.6 Å². The molecule has 0 bridgehead atoms. The standard InChI is InChI=1S/C24H27N3O3S2/c1-5-30-22-9-7-6-8-21(22)26-24(31)25-19-10-12-20(13-11-19)32(28,29)27-23-17(3)14-16(2)15-18(23)4/h6-15,27H,5H2,1-4H3,(H2,25,26,31). The van der Waals surface area contributed by atoms with Gasteiger partial charge in [-0.25, -0.2) is 8.42 Å². The zero-order chi connectivity index (χ0) is 23.3. The Bertz CT molecular complexity index is 1200. The zero-order valence-electron chi connectivity index (χ0n) is 18.5. The number of ether oxygens (including phenoxy) is 1. The van der Waals surface area contributed by atoms with Crippen molar-refractivity contribution in [3.8, 4) is 5.75 Å². The van der Waals surface area contributed by atoms with Gasteiger partial charge in [0, 0.05) is 5.69 Å². The van der Waals surface area contributed by atoms with Crippen LogP contribution in [0.4, 0.5) is 17.1 Å². The van der Waals surface area contributed by atoms with Crippen LogP contribution in [0, 0.1) is 20.8 Å². The predicted octanol–water partition coefficient (Wildman–Crippen LogP) is 5.62. The van der Waals surface area contributed by atoms with Gasteiger partial charge in [0.15, 0.2) is 5.11 Å². The number of anilines is 3. The summed E-state index contributed by atoms with van der Waals surface area (Å²) in [7, 11) is -3.72. The maximum atomic E-state index is 12.9. The maximum absolute atomic E-state index is 12.9. The van der Waals surface area contributed by atoms with Crippen molar-refractivity contribution in [2.75, 3.05) is 22.0 Å². The van der Waals surface area contributed by atoms with Crippen LogP contribution in [-0.4, -0.2) is 20.1 Å². The van der Waals surface area contributed by atoms with Crippen LogP contribution in [0.15, 0.2) is 65.6 Å². The predicted molar refractivity (Wildman–Crippen MR) is 135 cm³/mol. The quantitative estimate of drug-likeness (QED) is 0.390. The molecule has 0 saturated heterocycles. The normalized spacial score (nSPS) is 11.0. The van der Waals surface area contributed by atoms with Gasteiger partial charge >= 0.3 is 0 Å². The van der Waals surface area contributed by atoms with Gasteiger partial charge in [0.05, 0.1) is 22.9 Å². The van der Waals surface area contributed by atoms with E-state index < -0.39 is 10.0 Å². The minimum Gasteiger partial charge on any atom is -0.492 e. The summed E-state index contributed by atoms with van der Waals surface area (Å²) in [5, 5.41) is 6.54. The molecule has 32 heavy (non-hydrogen) atoms. The molecule has 0 heterocycles. The number of para-hydroxylation sites is 2. The van der Waals surface area contributed by atoms with Crippen molar-refractivity contribution in [3.63, 3.8) is 0 Å². The lowest BCUT2D eigenvalue weighted by molar-refractivity contribution is 0.342. The van der Waals surface area contributed by atoms with Crippen LogP contribution in [0.5, 0.6) is 5.75 Å². The molecule has 0 radical (unpaired) electrons. The summed E-state index contributed by atoms with van der Waals surface area (Å²) in [6.45, 7) is 8.23. The molecule has 0 aliphatic carbocycles. The molecular weight excluding hydrogens is 442 g/mol. The second-order valence-electron chi connectivity index (χ2n) is 7.41. The van der Waals surface area contributed by atoms with Crippen molar-refractivity contribution >= 4 is 44.4 Å². The molecule has 0 aliphatic heterocycles. The molecule has 0 fully saturated rings. The third-order valence-corrected chi connectivity index (χ3v) is 6.34. The Morgan fingerprint density at radius 1 is 0.938 bits per heavy atom. The number of thiocarbonyl (C=S) groups is 1.